The van der Waals surface area contributed by atoms with Crippen molar-refractivity contribution in [1.29, 1.82) is 0 Å². The van der Waals surface area contributed by atoms with Crippen molar-refractivity contribution in [2.45, 2.75) is 9.79 Å². The number of rotatable bonds is 9. The fourth-order valence-electron chi connectivity index (χ4n) is 3.54. The van der Waals surface area contributed by atoms with Crippen LogP contribution in [0.4, 0.5) is 0 Å². The van der Waals surface area contributed by atoms with Crippen molar-refractivity contribution in [2.24, 2.45) is 0 Å². The maximum absolute atomic E-state index is 11.4. The van der Waals surface area contributed by atoms with Crippen molar-refractivity contribution in [3.63, 3.8) is 0 Å². The largest absolute Gasteiger partial charge is 1.00 e. The summed E-state index contributed by atoms with van der Waals surface area (Å²) in [6.45, 7) is 0. The Bertz CT molecular complexity index is 1490. The molecule has 0 bridgehead atoms. The molecule has 38 heavy (non-hydrogen) atoms. The number of hydrogen-bond donors (Lipinski definition) is 0. The maximum atomic E-state index is 11.4. The van der Waals surface area contributed by atoms with E-state index in [0.29, 0.717) is 5.56 Å². The molecule has 0 aliphatic heterocycles. The summed E-state index contributed by atoms with van der Waals surface area (Å²) in [5, 5.41) is 13.5. The summed E-state index contributed by atoms with van der Waals surface area (Å²) >= 11 is 0.855. The summed E-state index contributed by atoms with van der Waals surface area (Å²) in [7, 11) is -4.54. The Morgan fingerprint density at radius 3 is 1.63 bits per heavy atom. The minimum Gasteiger partial charge on any atom is -0.744 e. The van der Waals surface area contributed by atoms with E-state index in [1.807, 2.05) is 84.9 Å². The van der Waals surface area contributed by atoms with Gasteiger partial charge in [-0.2, -0.15) is 4.33 Å². The molecule has 0 aromatic heterocycles. The van der Waals surface area contributed by atoms with Crippen LogP contribution in [0.1, 0.15) is 22.3 Å². The average Bonchev–Trinajstić information content (AvgIpc) is 2.90. The molecule has 0 amide bonds. The van der Waals surface area contributed by atoms with Crippen LogP contribution in [0.25, 0.3) is 35.4 Å². The molecule has 0 fully saturated rings. The number of hydrogen-bond acceptors (Lipinski definition) is 7. The average molecular weight is 595 g/mol. The van der Waals surface area contributed by atoms with Crippen LogP contribution >= 0.6 is 12.0 Å². The van der Waals surface area contributed by atoms with Gasteiger partial charge in [-0.25, -0.2) is 8.42 Å². The Kier molecular flexibility index (Phi) is 15.1. The standard InChI is InChI=1S/C28H22O6S2.2K/c29-33-34-35-27-7-3-1-5-25(27)19-13-21-9-15-23(16-10-21)24-17-11-22(12-18-24)14-20-26-6-2-4-8-28(26)36(30,31)32;;/h1-20,29H,(H,30,31,32);;/q;2*+1/p-2/b19-13+,20-14+;;. The van der Waals surface area contributed by atoms with Gasteiger partial charge in [0.2, 0.25) is 0 Å². The Balaban J connectivity index is 0.00000253. The topological polar surface area (TPSA) is 98.7 Å². The van der Waals surface area contributed by atoms with Crippen LogP contribution in [0, 0.1) is 0 Å². The predicted octanol–water partition coefficient (Wildman–Crippen LogP) is -0.163. The summed E-state index contributed by atoms with van der Waals surface area (Å²) in [4.78, 5) is 0.521. The molecule has 0 saturated heterocycles. The minimum atomic E-state index is -4.54. The van der Waals surface area contributed by atoms with E-state index >= 15 is 0 Å². The van der Waals surface area contributed by atoms with Gasteiger partial charge in [-0.15, -0.1) is 0 Å². The zero-order valence-corrected chi connectivity index (χ0v) is 28.7. The van der Waals surface area contributed by atoms with Crippen LogP contribution in [0.5, 0.6) is 0 Å². The van der Waals surface area contributed by atoms with Crippen LogP contribution < -0.4 is 108 Å². The summed E-state index contributed by atoms with van der Waals surface area (Å²) in [6, 6.07) is 29.5. The van der Waals surface area contributed by atoms with E-state index in [2.05, 4.69) is 9.37 Å². The third kappa shape index (κ3) is 10.00. The van der Waals surface area contributed by atoms with Crippen molar-refractivity contribution >= 4 is 46.5 Å². The van der Waals surface area contributed by atoms with Gasteiger partial charge in [-0.1, -0.05) is 109 Å². The first-order valence-corrected chi connectivity index (χ1v) is 12.9. The first-order chi connectivity index (χ1) is 17.4. The van der Waals surface area contributed by atoms with Gasteiger partial charge in [-0.05, 0) is 45.5 Å². The maximum Gasteiger partial charge on any atom is 1.00 e. The molecular formula is C28H20K2O6S2. The van der Waals surface area contributed by atoms with Crippen LogP contribution in [-0.4, -0.2) is 13.0 Å². The SMILES string of the molecule is O=S(=O)([O-])c1ccccc1/C=C/c1ccc(-c2ccc(/C=C/c3ccccc3SOO[O-])cc2)cc1.[K+].[K+]. The molecule has 4 aromatic rings. The Morgan fingerprint density at radius 2 is 1.11 bits per heavy atom. The van der Waals surface area contributed by atoms with Crippen molar-refractivity contribution < 1.29 is 130 Å². The van der Waals surface area contributed by atoms with Crippen LogP contribution in [0.2, 0.25) is 0 Å². The van der Waals surface area contributed by atoms with Gasteiger partial charge in [0.25, 0.3) is 0 Å². The van der Waals surface area contributed by atoms with Gasteiger partial charge >= 0.3 is 103 Å². The van der Waals surface area contributed by atoms with Crippen molar-refractivity contribution in [2.75, 3.05) is 0 Å². The molecule has 182 valence electrons. The molecule has 0 heterocycles. The van der Waals surface area contributed by atoms with E-state index < -0.39 is 10.1 Å². The fraction of sp³-hybridized carbons (Fsp3) is 0. The molecule has 0 saturated carbocycles. The molecule has 6 nitrogen and oxygen atoms in total. The summed E-state index contributed by atoms with van der Waals surface area (Å²) < 4.78 is 38.8. The fourth-order valence-corrected chi connectivity index (χ4v) is 4.67. The van der Waals surface area contributed by atoms with Crippen molar-refractivity contribution in [3.05, 3.63) is 119 Å². The van der Waals surface area contributed by atoms with Gasteiger partial charge in [0, 0.05) is 4.90 Å². The normalized spacial score (nSPS) is 11.3. The van der Waals surface area contributed by atoms with Crippen LogP contribution in [0.3, 0.4) is 0 Å². The molecule has 0 atom stereocenters. The van der Waals surface area contributed by atoms with Crippen molar-refractivity contribution in [1.82, 2.24) is 0 Å². The van der Waals surface area contributed by atoms with Gasteiger partial charge in [0.15, 0.2) is 0 Å². The van der Waals surface area contributed by atoms with E-state index in [9.17, 15) is 18.2 Å². The van der Waals surface area contributed by atoms with E-state index in [1.165, 1.54) is 12.1 Å². The monoisotopic (exact) mass is 594 g/mol. The molecule has 10 heteroatoms. The van der Waals surface area contributed by atoms with E-state index in [-0.39, 0.29) is 108 Å². The minimum absolute atomic E-state index is 0. The molecule has 0 aliphatic carbocycles. The first kappa shape index (κ1) is 34.0. The quantitative estimate of drug-likeness (QED) is 0.0663. The molecule has 4 rings (SSSR count). The summed E-state index contributed by atoms with van der Waals surface area (Å²) in [6.07, 6.45) is 7.29. The van der Waals surface area contributed by atoms with Crippen LogP contribution in [0.15, 0.2) is 107 Å². The zero-order valence-electron chi connectivity index (χ0n) is 20.8. The molecule has 0 spiro atoms. The van der Waals surface area contributed by atoms with E-state index in [0.717, 1.165) is 44.8 Å². The smallest absolute Gasteiger partial charge is 0.744 e. The van der Waals surface area contributed by atoms with Crippen LogP contribution in [-0.2, 0) is 19.5 Å². The summed E-state index contributed by atoms with van der Waals surface area (Å²) in [5.41, 5.74) is 5.20. The molecular weight excluding hydrogens is 575 g/mol. The molecule has 4 aromatic carbocycles. The van der Waals surface area contributed by atoms with Gasteiger partial charge < -0.3 is 9.81 Å². The number of benzene rings is 4. The van der Waals surface area contributed by atoms with Crippen molar-refractivity contribution in [3.8, 4) is 11.1 Å². The second-order valence-electron chi connectivity index (χ2n) is 7.66. The Labute approximate surface area is 311 Å². The molecule has 0 radical (unpaired) electrons. The second-order valence-corrected chi connectivity index (χ2v) is 9.75. The second kappa shape index (κ2) is 16.9. The van der Waals surface area contributed by atoms with E-state index in [1.54, 1.807) is 24.3 Å². The predicted molar refractivity (Wildman–Crippen MR) is 139 cm³/mol. The third-order valence-corrected chi connectivity index (χ3v) is 6.91. The van der Waals surface area contributed by atoms with E-state index in [4.69, 9.17) is 0 Å². The van der Waals surface area contributed by atoms with Gasteiger partial charge in [-0.3, -0.25) is 5.04 Å². The molecule has 0 aliphatic rings. The van der Waals surface area contributed by atoms with Gasteiger partial charge in [0.05, 0.1) is 16.9 Å². The zero-order chi connectivity index (χ0) is 25.4. The Morgan fingerprint density at radius 1 is 0.632 bits per heavy atom. The Hall–Kier alpha value is -0.227. The molecule has 0 N–H and O–H groups in total. The first-order valence-electron chi connectivity index (χ1n) is 10.8. The third-order valence-electron chi connectivity index (χ3n) is 5.32. The molecule has 0 unspecified atom stereocenters. The van der Waals surface area contributed by atoms with Gasteiger partial charge in [0.1, 0.15) is 10.1 Å². The summed E-state index contributed by atoms with van der Waals surface area (Å²) in [5.74, 6) is 0.